The number of benzene rings is 1. The number of hydrogen-bond donors (Lipinski definition) is 2. The summed E-state index contributed by atoms with van der Waals surface area (Å²) in [6, 6.07) is 8.56. The lowest BCUT2D eigenvalue weighted by Crippen LogP contribution is -2.37. The second-order valence-electron chi connectivity index (χ2n) is 9.55. The van der Waals surface area contributed by atoms with Gasteiger partial charge in [0, 0.05) is 12.1 Å². The Kier molecular flexibility index (Phi) is 7.33. The topological polar surface area (TPSA) is 85.6 Å². The molecule has 0 bridgehead atoms. The minimum atomic E-state index is -0.0124. The van der Waals surface area contributed by atoms with Crippen LogP contribution < -0.4 is 20.1 Å². The molecule has 0 spiro atoms. The molecule has 3 aromatic rings. The number of fused-ring (bicyclic) bond motifs is 1. The van der Waals surface area contributed by atoms with Crippen molar-refractivity contribution in [1.82, 2.24) is 24.9 Å². The average molecular weight is 453 g/mol. The van der Waals surface area contributed by atoms with Gasteiger partial charge < -0.3 is 20.1 Å². The van der Waals surface area contributed by atoms with Crippen LogP contribution >= 0.6 is 0 Å². The summed E-state index contributed by atoms with van der Waals surface area (Å²) < 4.78 is 13.9. The van der Waals surface area contributed by atoms with Crippen LogP contribution in [0.2, 0.25) is 0 Å². The summed E-state index contributed by atoms with van der Waals surface area (Å²) in [4.78, 5) is 9.44. The number of nitrogens with zero attached hydrogens (tertiary/aromatic N) is 4. The predicted molar refractivity (Wildman–Crippen MR) is 130 cm³/mol. The normalized spacial score (nSPS) is 17.5. The molecule has 1 unspecified atom stereocenters. The molecule has 8 heteroatoms. The molecular weight excluding hydrogens is 416 g/mol. The number of nitrogens with one attached hydrogen (secondary N) is 2. The zero-order valence-corrected chi connectivity index (χ0v) is 20.3. The molecule has 4 rings (SSSR count). The molecule has 0 saturated carbocycles. The zero-order chi connectivity index (χ0) is 23.4. The molecule has 8 nitrogen and oxygen atoms in total. The summed E-state index contributed by atoms with van der Waals surface area (Å²) in [5, 5.41) is 11.5. The monoisotopic (exact) mass is 452 g/mol. The number of aromatic nitrogens is 4. The fourth-order valence-corrected chi connectivity index (χ4v) is 3.91. The van der Waals surface area contributed by atoms with E-state index in [2.05, 4.69) is 62.5 Å². The van der Waals surface area contributed by atoms with E-state index in [1.165, 1.54) is 0 Å². The molecule has 1 aliphatic heterocycles. The predicted octanol–water partition coefficient (Wildman–Crippen LogP) is 4.59. The van der Waals surface area contributed by atoms with E-state index in [1.54, 1.807) is 4.52 Å². The maximum Gasteiger partial charge on any atom is 0.322 e. The van der Waals surface area contributed by atoms with Crippen LogP contribution in [0.5, 0.6) is 11.8 Å². The van der Waals surface area contributed by atoms with Crippen LogP contribution in [0.1, 0.15) is 70.5 Å². The van der Waals surface area contributed by atoms with Crippen LogP contribution in [0.3, 0.4) is 0 Å². The van der Waals surface area contributed by atoms with Crippen LogP contribution in [0.15, 0.2) is 30.5 Å². The standard InChI is InChI=1S/C25H36N6O2/c1-16(2)15-32-20-9-6-8-19(12-20)18(5)28-24-30-25(33-21-10-7-11-26-13-21)29-23-22(17(3)4)14-27-31(23)24/h6,8-9,12,14,16-18,21,26H,7,10-11,13,15H2,1-5H3,(H,28,29,30)/t18-,21?/m0/s1. The molecule has 3 heterocycles. The highest BCUT2D eigenvalue weighted by Crippen LogP contribution is 2.27. The Balaban J connectivity index is 1.61. The van der Waals surface area contributed by atoms with Crippen LogP contribution in [-0.4, -0.2) is 45.4 Å². The van der Waals surface area contributed by atoms with Gasteiger partial charge in [0.05, 0.1) is 18.8 Å². The second-order valence-corrected chi connectivity index (χ2v) is 9.55. The second kappa shape index (κ2) is 10.4. The third kappa shape index (κ3) is 5.74. The first-order valence-electron chi connectivity index (χ1n) is 12.0. The Morgan fingerprint density at radius 3 is 2.76 bits per heavy atom. The molecule has 2 atom stereocenters. The highest BCUT2D eigenvalue weighted by molar-refractivity contribution is 5.53. The Bertz CT molecular complexity index is 1060. The Morgan fingerprint density at radius 1 is 1.18 bits per heavy atom. The SMILES string of the molecule is CC(C)COc1cccc([C@H](C)Nc2nc(OC3CCCNC3)nc3c(C(C)C)cnn23)c1. The van der Waals surface area contributed by atoms with Gasteiger partial charge in [-0.2, -0.15) is 19.6 Å². The minimum absolute atomic E-state index is 0.0124. The number of hydrogen-bond acceptors (Lipinski definition) is 7. The van der Waals surface area contributed by atoms with Crippen LogP contribution in [0.4, 0.5) is 5.95 Å². The lowest BCUT2D eigenvalue weighted by Gasteiger charge is -2.23. The van der Waals surface area contributed by atoms with Gasteiger partial charge in [-0.15, -0.1) is 0 Å². The first kappa shape index (κ1) is 23.3. The van der Waals surface area contributed by atoms with E-state index in [1.807, 2.05) is 18.3 Å². The number of piperidine rings is 1. The smallest absolute Gasteiger partial charge is 0.322 e. The van der Waals surface area contributed by atoms with Gasteiger partial charge in [0.1, 0.15) is 11.9 Å². The summed E-state index contributed by atoms with van der Waals surface area (Å²) in [6.07, 6.45) is 4.04. The average Bonchev–Trinajstić information content (AvgIpc) is 3.23. The van der Waals surface area contributed by atoms with Crippen molar-refractivity contribution >= 4 is 11.6 Å². The fourth-order valence-electron chi connectivity index (χ4n) is 3.91. The third-order valence-electron chi connectivity index (χ3n) is 5.81. The van der Waals surface area contributed by atoms with Crippen molar-refractivity contribution in [2.75, 3.05) is 25.0 Å². The molecule has 178 valence electrons. The van der Waals surface area contributed by atoms with Crippen LogP contribution in [-0.2, 0) is 0 Å². The van der Waals surface area contributed by atoms with Crippen molar-refractivity contribution in [1.29, 1.82) is 0 Å². The van der Waals surface area contributed by atoms with Crippen molar-refractivity contribution in [3.05, 3.63) is 41.6 Å². The summed E-state index contributed by atoms with van der Waals surface area (Å²) in [7, 11) is 0. The van der Waals surface area contributed by atoms with Crippen molar-refractivity contribution in [3.63, 3.8) is 0 Å². The highest BCUT2D eigenvalue weighted by atomic mass is 16.5. The van der Waals surface area contributed by atoms with Gasteiger partial charge in [0.15, 0.2) is 5.65 Å². The largest absolute Gasteiger partial charge is 0.493 e. The number of ether oxygens (including phenoxy) is 2. The molecule has 0 amide bonds. The molecule has 2 N–H and O–H groups in total. The van der Waals surface area contributed by atoms with Crippen LogP contribution in [0.25, 0.3) is 5.65 Å². The maximum atomic E-state index is 6.18. The molecule has 33 heavy (non-hydrogen) atoms. The lowest BCUT2D eigenvalue weighted by atomic mass is 10.1. The van der Waals surface area contributed by atoms with E-state index in [0.29, 0.717) is 30.4 Å². The Hall–Kier alpha value is -2.87. The third-order valence-corrected chi connectivity index (χ3v) is 5.81. The van der Waals surface area contributed by atoms with E-state index in [0.717, 1.165) is 48.5 Å². The van der Waals surface area contributed by atoms with Crippen molar-refractivity contribution in [2.24, 2.45) is 5.92 Å². The first-order chi connectivity index (χ1) is 15.9. The molecule has 0 radical (unpaired) electrons. The van der Waals surface area contributed by atoms with Crippen LogP contribution in [0, 0.1) is 5.92 Å². The summed E-state index contributed by atoms with van der Waals surface area (Å²) >= 11 is 0. The first-order valence-corrected chi connectivity index (χ1v) is 12.0. The summed E-state index contributed by atoms with van der Waals surface area (Å²) in [5.41, 5.74) is 2.96. The molecule has 1 aromatic carbocycles. The van der Waals surface area contributed by atoms with E-state index in [9.17, 15) is 0 Å². The molecule has 1 aliphatic rings. The van der Waals surface area contributed by atoms with Gasteiger partial charge >= 0.3 is 6.01 Å². The van der Waals surface area contributed by atoms with E-state index in [4.69, 9.17) is 19.4 Å². The summed E-state index contributed by atoms with van der Waals surface area (Å²) in [5.74, 6) is 2.26. The Morgan fingerprint density at radius 2 is 2.03 bits per heavy atom. The maximum absolute atomic E-state index is 6.18. The van der Waals surface area contributed by atoms with Gasteiger partial charge in [-0.05, 0) is 55.8 Å². The minimum Gasteiger partial charge on any atom is -0.493 e. The summed E-state index contributed by atoms with van der Waals surface area (Å²) in [6.45, 7) is 13.2. The van der Waals surface area contributed by atoms with Gasteiger partial charge in [-0.1, -0.05) is 39.8 Å². The van der Waals surface area contributed by atoms with Gasteiger partial charge in [-0.25, -0.2) is 0 Å². The van der Waals surface area contributed by atoms with Gasteiger partial charge in [-0.3, -0.25) is 0 Å². The van der Waals surface area contributed by atoms with Gasteiger partial charge in [0.25, 0.3) is 0 Å². The van der Waals surface area contributed by atoms with E-state index >= 15 is 0 Å². The van der Waals surface area contributed by atoms with Crippen molar-refractivity contribution in [3.8, 4) is 11.8 Å². The fraction of sp³-hybridized carbons (Fsp3) is 0.560. The highest BCUT2D eigenvalue weighted by Gasteiger charge is 2.21. The lowest BCUT2D eigenvalue weighted by molar-refractivity contribution is 0.153. The van der Waals surface area contributed by atoms with Crippen molar-refractivity contribution in [2.45, 2.75) is 65.5 Å². The molecule has 1 saturated heterocycles. The van der Waals surface area contributed by atoms with E-state index in [-0.39, 0.29) is 12.1 Å². The van der Waals surface area contributed by atoms with E-state index < -0.39 is 0 Å². The quantitative estimate of drug-likeness (QED) is 0.491. The molecule has 2 aromatic heterocycles. The molecule has 0 aliphatic carbocycles. The molecule has 1 fully saturated rings. The van der Waals surface area contributed by atoms with Crippen molar-refractivity contribution < 1.29 is 9.47 Å². The molecular formula is C25H36N6O2. The zero-order valence-electron chi connectivity index (χ0n) is 20.3. The van der Waals surface area contributed by atoms with Gasteiger partial charge in [0.2, 0.25) is 5.95 Å². The number of rotatable bonds is 9. The Labute approximate surface area is 196 Å². The number of anilines is 1.